The van der Waals surface area contributed by atoms with Crippen molar-refractivity contribution in [2.75, 3.05) is 5.73 Å². The van der Waals surface area contributed by atoms with Gasteiger partial charge in [-0.3, -0.25) is 0 Å². The summed E-state index contributed by atoms with van der Waals surface area (Å²) in [5.41, 5.74) is 5.44. The quantitative estimate of drug-likeness (QED) is 0.737. The van der Waals surface area contributed by atoms with Crippen LogP contribution in [0, 0.1) is 0 Å². The van der Waals surface area contributed by atoms with Crippen LogP contribution < -0.4 is 5.73 Å². The molecule has 15 heavy (non-hydrogen) atoms. The first kappa shape index (κ1) is 9.13. The van der Waals surface area contributed by atoms with Gasteiger partial charge in [-0.25, -0.2) is 15.0 Å². The van der Waals surface area contributed by atoms with Gasteiger partial charge in [0.15, 0.2) is 0 Å². The number of rotatable bonds is 2. The van der Waals surface area contributed by atoms with Gasteiger partial charge in [0.25, 0.3) is 11.9 Å². The molecule has 0 aliphatic carbocycles. The van der Waals surface area contributed by atoms with Gasteiger partial charge in [-0.2, -0.15) is 4.98 Å². The van der Waals surface area contributed by atoms with Crippen molar-refractivity contribution >= 4 is 17.7 Å². The Morgan fingerprint density at radius 2 is 1.60 bits per heavy atom. The van der Waals surface area contributed by atoms with E-state index in [9.17, 15) is 0 Å². The average Bonchev–Trinajstić information content (AvgIpc) is 2.28. The summed E-state index contributed by atoms with van der Waals surface area (Å²) in [6.07, 6.45) is 4.64. The van der Waals surface area contributed by atoms with Crippen molar-refractivity contribution in [3.63, 3.8) is 0 Å². The normalized spacial score (nSPS) is 10.7. The minimum absolute atomic E-state index is 0.183. The molecule has 0 unspecified atom stereocenters. The lowest BCUT2D eigenvalue weighted by Gasteiger charge is -1.91. The first-order valence-electron chi connectivity index (χ1n) is 4.12. The first-order chi connectivity index (χ1) is 7.34. The van der Waals surface area contributed by atoms with Crippen molar-refractivity contribution in [1.82, 2.24) is 19.9 Å². The van der Waals surface area contributed by atoms with Gasteiger partial charge in [-0.05, 0) is 12.1 Å². The monoisotopic (exact) mass is 201 g/mol. The molecule has 0 amide bonds. The van der Waals surface area contributed by atoms with Crippen LogP contribution in [0.4, 0.5) is 17.7 Å². The fraction of sp³-hybridized carbons (Fsp3) is 0. The molecule has 0 aliphatic heterocycles. The highest BCUT2D eigenvalue weighted by Gasteiger charge is 1.94. The first-order valence-corrected chi connectivity index (χ1v) is 4.12. The van der Waals surface area contributed by atoms with E-state index in [2.05, 4.69) is 30.2 Å². The van der Waals surface area contributed by atoms with E-state index in [1.807, 2.05) is 0 Å². The molecular weight excluding hydrogens is 194 g/mol. The summed E-state index contributed by atoms with van der Waals surface area (Å²) in [5, 5.41) is 7.47. The molecular formula is C8H7N7. The van der Waals surface area contributed by atoms with E-state index in [0.717, 1.165) is 0 Å². The van der Waals surface area contributed by atoms with Crippen LogP contribution in [0.3, 0.4) is 0 Å². The maximum atomic E-state index is 5.44. The third-order valence-electron chi connectivity index (χ3n) is 1.45. The highest BCUT2D eigenvalue weighted by atomic mass is 15.3. The molecule has 2 aromatic rings. The maximum absolute atomic E-state index is 5.44. The number of azo groups is 1. The zero-order chi connectivity index (χ0) is 10.5. The summed E-state index contributed by atoms with van der Waals surface area (Å²) in [5.74, 6) is 0.777. The lowest BCUT2D eigenvalue weighted by atomic mass is 10.6. The Labute approximate surface area is 85.2 Å². The van der Waals surface area contributed by atoms with E-state index in [1.165, 1.54) is 6.20 Å². The minimum atomic E-state index is 0.183. The van der Waals surface area contributed by atoms with Crippen molar-refractivity contribution in [3.8, 4) is 0 Å². The van der Waals surface area contributed by atoms with Gasteiger partial charge in [0.2, 0.25) is 0 Å². The van der Waals surface area contributed by atoms with Crippen molar-refractivity contribution in [2.45, 2.75) is 0 Å². The molecule has 0 atom stereocenters. The summed E-state index contributed by atoms with van der Waals surface area (Å²) in [6.45, 7) is 0. The van der Waals surface area contributed by atoms with Gasteiger partial charge >= 0.3 is 0 Å². The molecule has 0 fully saturated rings. The van der Waals surface area contributed by atoms with Crippen molar-refractivity contribution in [1.29, 1.82) is 0 Å². The molecule has 2 rings (SSSR count). The lowest BCUT2D eigenvalue weighted by Crippen LogP contribution is -1.89. The Balaban J connectivity index is 2.19. The molecule has 0 saturated carbocycles. The van der Waals surface area contributed by atoms with Gasteiger partial charge in [0.1, 0.15) is 5.82 Å². The molecule has 0 bridgehead atoms. The number of hydrogen-bond donors (Lipinski definition) is 1. The van der Waals surface area contributed by atoms with Crippen LogP contribution in [-0.4, -0.2) is 19.9 Å². The van der Waals surface area contributed by atoms with Crippen LogP contribution in [0.5, 0.6) is 0 Å². The molecule has 0 aromatic carbocycles. The van der Waals surface area contributed by atoms with Crippen LogP contribution in [0.25, 0.3) is 0 Å². The van der Waals surface area contributed by atoms with Gasteiger partial charge in [0, 0.05) is 18.6 Å². The molecule has 74 valence electrons. The summed E-state index contributed by atoms with van der Waals surface area (Å²) in [6, 6.07) is 3.26. The van der Waals surface area contributed by atoms with E-state index in [-0.39, 0.29) is 11.9 Å². The number of nitrogen functional groups attached to an aromatic ring is 1. The second-order valence-corrected chi connectivity index (χ2v) is 2.53. The number of aromatic nitrogens is 4. The molecule has 2 aromatic heterocycles. The second kappa shape index (κ2) is 4.18. The van der Waals surface area contributed by atoms with E-state index < -0.39 is 0 Å². The molecule has 7 nitrogen and oxygen atoms in total. The predicted molar refractivity (Wildman–Crippen MR) is 52.7 cm³/mol. The Morgan fingerprint density at radius 3 is 2.33 bits per heavy atom. The highest BCUT2D eigenvalue weighted by Crippen LogP contribution is 2.09. The Hall–Kier alpha value is -2.44. The molecule has 7 heteroatoms. The zero-order valence-corrected chi connectivity index (χ0v) is 7.65. The standard InChI is InChI=1S/C8H7N7/c9-6-2-5-12-8(13-6)15-14-7-10-3-1-4-11-7/h1-5H,(H2,9,12,13)/b15-14+. The number of nitrogens with two attached hydrogens (primary N) is 1. The van der Waals surface area contributed by atoms with Crippen LogP contribution in [0.15, 0.2) is 41.0 Å². The number of hydrogen-bond acceptors (Lipinski definition) is 7. The number of anilines is 1. The lowest BCUT2D eigenvalue weighted by molar-refractivity contribution is 1.02. The van der Waals surface area contributed by atoms with Gasteiger partial charge in [-0.15, -0.1) is 10.2 Å². The van der Waals surface area contributed by atoms with Crippen LogP contribution >= 0.6 is 0 Å². The third-order valence-corrected chi connectivity index (χ3v) is 1.45. The largest absolute Gasteiger partial charge is 0.384 e. The summed E-state index contributed by atoms with van der Waals surface area (Å²) < 4.78 is 0. The topological polar surface area (TPSA) is 102 Å². The fourth-order valence-electron chi connectivity index (χ4n) is 0.842. The molecule has 0 radical (unpaired) electrons. The van der Waals surface area contributed by atoms with E-state index >= 15 is 0 Å². The molecule has 2 N–H and O–H groups in total. The summed E-state index contributed by atoms with van der Waals surface area (Å²) >= 11 is 0. The SMILES string of the molecule is Nc1ccnc(/N=N/c2ncccn2)n1. The van der Waals surface area contributed by atoms with E-state index in [0.29, 0.717) is 5.82 Å². The van der Waals surface area contributed by atoms with Crippen molar-refractivity contribution in [3.05, 3.63) is 30.7 Å². The Morgan fingerprint density at radius 1 is 0.933 bits per heavy atom. The van der Waals surface area contributed by atoms with Gasteiger partial charge in [-0.1, -0.05) is 0 Å². The van der Waals surface area contributed by atoms with Crippen molar-refractivity contribution < 1.29 is 0 Å². The summed E-state index contributed by atoms with van der Waals surface area (Å²) in [4.78, 5) is 15.4. The van der Waals surface area contributed by atoms with Crippen LogP contribution in [-0.2, 0) is 0 Å². The molecule has 0 saturated heterocycles. The molecule has 0 aliphatic rings. The zero-order valence-electron chi connectivity index (χ0n) is 7.65. The molecule has 2 heterocycles. The molecule has 0 spiro atoms. The van der Waals surface area contributed by atoms with Crippen LogP contribution in [0.2, 0.25) is 0 Å². The summed E-state index contributed by atoms with van der Waals surface area (Å²) in [7, 11) is 0. The fourth-order valence-corrected chi connectivity index (χ4v) is 0.842. The Bertz CT molecular complexity index is 467. The second-order valence-electron chi connectivity index (χ2n) is 2.53. The van der Waals surface area contributed by atoms with E-state index in [4.69, 9.17) is 5.73 Å². The van der Waals surface area contributed by atoms with Gasteiger partial charge in [0.05, 0.1) is 0 Å². The van der Waals surface area contributed by atoms with E-state index in [1.54, 1.807) is 24.5 Å². The highest BCUT2D eigenvalue weighted by molar-refractivity contribution is 5.31. The van der Waals surface area contributed by atoms with Crippen LogP contribution in [0.1, 0.15) is 0 Å². The third kappa shape index (κ3) is 2.50. The van der Waals surface area contributed by atoms with Gasteiger partial charge < -0.3 is 5.73 Å². The minimum Gasteiger partial charge on any atom is -0.384 e. The maximum Gasteiger partial charge on any atom is 0.270 e. The average molecular weight is 201 g/mol. The number of nitrogens with zero attached hydrogens (tertiary/aromatic N) is 6. The predicted octanol–water partition coefficient (Wildman–Crippen LogP) is 1.26. The Kier molecular flexibility index (Phi) is 2.54. The van der Waals surface area contributed by atoms with Crippen molar-refractivity contribution in [2.24, 2.45) is 10.2 Å². The smallest absolute Gasteiger partial charge is 0.270 e.